The topological polar surface area (TPSA) is 88.6 Å². The SMILES string of the molecule is COc1ccc(S(=O)(=O)N(Cc2nc(C(=O)NCC(C)C)cs2)CC(C)C)cc1. The summed E-state index contributed by atoms with van der Waals surface area (Å²) in [6.45, 7) is 8.99. The molecule has 0 spiro atoms. The van der Waals surface area contributed by atoms with Gasteiger partial charge in [-0.3, -0.25) is 4.79 Å². The number of amides is 1. The standard InChI is InChI=1S/C20H29N3O4S2/c1-14(2)10-21-20(24)18-13-28-19(22-18)12-23(11-15(3)4)29(25,26)17-8-6-16(27-5)7-9-17/h6-9,13-15H,10-12H2,1-5H3,(H,21,24). The van der Waals surface area contributed by atoms with Gasteiger partial charge in [0.1, 0.15) is 16.5 Å². The third kappa shape index (κ3) is 6.52. The minimum atomic E-state index is -3.71. The van der Waals surface area contributed by atoms with Crippen LogP contribution in [0.3, 0.4) is 0 Å². The first-order valence-corrected chi connectivity index (χ1v) is 11.8. The number of benzene rings is 1. The van der Waals surface area contributed by atoms with Gasteiger partial charge in [-0.05, 0) is 36.1 Å². The van der Waals surface area contributed by atoms with Gasteiger partial charge in [-0.25, -0.2) is 13.4 Å². The van der Waals surface area contributed by atoms with E-state index in [4.69, 9.17) is 4.74 Å². The molecule has 0 saturated heterocycles. The molecule has 1 amide bonds. The smallest absolute Gasteiger partial charge is 0.270 e. The van der Waals surface area contributed by atoms with Crippen molar-refractivity contribution in [1.29, 1.82) is 0 Å². The highest BCUT2D eigenvalue weighted by Gasteiger charge is 2.27. The van der Waals surface area contributed by atoms with Gasteiger partial charge in [0.15, 0.2) is 0 Å². The van der Waals surface area contributed by atoms with E-state index in [2.05, 4.69) is 10.3 Å². The summed E-state index contributed by atoms with van der Waals surface area (Å²) in [5, 5.41) is 5.07. The number of hydrogen-bond acceptors (Lipinski definition) is 6. The first kappa shape index (κ1) is 23.3. The van der Waals surface area contributed by atoms with Crippen molar-refractivity contribution >= 4 is 27.3 Å². The lowest BCUT2D eigenvalue weighted by atomic mass is 10.2. The maximum atomic E-state index is 13.2. The number of sulfonamides is 1. The minimum absolute atomic E-state index is 0.120. The average molecular weight is 440 g/mol. The molecule has 0 saturated carbocycles. The van der Waals surface area contributed by atoms with Crippen LogP contribution in [0.2, 0.25) is 0 Å². The van der Waals surface area contributed by atoms with Crippen LogP contribution in [0.1, 0.15) is 43.2 Å². The largest absolute Gasteiger partial charge is 0.497 e. The van der Waals surface area contributed by atoms with Crippen LogP contribution in [-0.2, 0) is 16.6 Å². The molecule has 1 aromatic heterocycles. The molecule has 2 rings (SSSR count). The van der Waals surface area contributed by atoms with Crippen molar-refractivity contribution < 1.29 is 17.9 Å². The van der Waals surface area contributed by atoms with Crippen LogP contribution >= 0.6 is 11.3 Å². The molecule has 29 heavy (non-hydrogen) atoms. The number of carbonyl (C=O) groups excluding carboxylic acids is 1. The van der Waals surface area contributed by atoms with E-state index < -0.39 is 10.0 Å². The number of carbonyl (C=O) groups is 1. The van der Waals surface area contributed by atoms with Gasteiger partial charge in [-0.1, -0.05) is 27.7 Å². The van der Waals surface area contributed by atoms with Gasteiger partial charge < -0.3 is 10.1 Å². The van der Waals surface area contributed by atoms with Crippen LogP contribution in [0.25, 0.3) is 0 Å². The van der Waals surface area contributed by atoms with Crippen molar-refractivity contribution in [1.82, 2.24) is 14.6 Å². The summed E-state index contributed by atoms with van der Waals surface area (Å²) < 4.78 is 32.9. The third-order valence-electron chi connectivity index (χ3n) is 4.03. The van der Waals surface area contributed by atoms with Crippen molar-refractivity contribution in [2.45, 2.75) is 39.1 Å². The van der Waals surface area contributed by atoms with Crippen LogP contribution in [0.5, 0.6) is 5.75 Å². The van der Waals surface area contributed by atoms with Gasteiger partial charge in [-0.2, -0.15) is 4.31 Å². The molecule has 0 atom stereocenters. The van der Waals surface area contributed by atoms with Crippen molar-refractivity contribution in [3.8, 4) is 5.75 Å². The second-order valence-corrected chi connectivity index (χ2v) is 10.5. The molecule has 9 heteroatoms. The second-order valence-electron chi connectivity index (χ2n) is 7.60. The summed E-state index contributed by atoms with van der Waals surface area (Å²) in [4.78, 5) is 16.7. The van der Waals surface area contributed by atoms with Crippen LogP contribution < -0.4 is 10.1 Å². The van der Waals surface area contributed by atoms with Gasteiger partial charge in [0, 0.05) is 18.5 Å². The van der Waals surface area contributed by atoms with E-state index in [1.54, 1.807) is 17.5 Å². The monoisotopic (exact) mass is 439 g/mol. The molecule has 0 aliphatic heterocycles. The Bertz CT molecular complexity index is 906. The number of aromatic nitrogens is 1. The Morgan fingerprint density at radius 2 is 1.83 bits per heavy atom. The number of nitrogens with zero attached hydrogens (tertiary/aromatic N) is 2. The Balaban J connectivity index is 2.21. The Kier molecular flexibility index (Phi) is 8.18. The lowest BCUT2D eigenvalue weighted by molar-refractivity contribution is 0.0944. The summed E-state index contributed by atoms with van der Waals surface area (Å²) in [7, 11) is -2.17. The molecule has 160 valence electrons. The maximum Gasteiger partial charge on any atom is 0.270 e. The lowest BCUT2D eigenvalue weighted by Crippen LogP contribution is -2.34. The van der Waals surface area contributed by atoms with E-state index >= 15 is 0 Å². The van der Waals surface area contributed by atoms with Crippen LogP contribution in [-0.4, -0.2) is 43.8 Å². The average Bonchev–Trinajstić information content (AvgIpc) is 3.14. The lowest BCUT2D eigenvalue weighted by Gasteiger charge is -2.23. The fourth-order valence-corrected chi connectivity index (χ4v) is 5.01. The van der Waals surface area contributed by atoms with E-state index in [9.17, 15) is 13.2 Å². The Morgan fingerprint density at radius 1 is 1.17 bits per heavy atom. The predicted molar refractivity (Wildman–Crippen MR) is 115 cm³/mol. The molecular formula is C20H29N3O4S2. The molecule has 0 aliphatic carbocycles. The highest BCUT2D eigenvalue weighted by atomic mass is 32.2. The van der Waals surface area contributed by atoms with Crippen molar-refractivity contribution in [2.24, 2.45) is 11.8 Å². The molecule has 0 unspecified atom stereocenters. The number of ether oxygens (including phenoxy) is 1. The number of methoxy groups -OCH3 is 1. The summed E-state index contributed by atoms with van der Waals surface area (Å²) in [6.07, 6.45) is 0. The normalized spacial score (nSPS) is 12.0. The summed E-state index contributed by atoms with van der Waals surface area (Å²) in [6, 6.07) is 6.32. The molecule has 0 bridgehead atoms. The van der Waals surface area contributed by atoms with E-state index in [0.29, 0.717) is 35.5 Å². The first-order valence-electron chi connectivity index (χ1n) is 9.50. The summed E-state index contributed by atoms with van der Waals surface area (Å²) in [5.41, 5.74) is 0.317. The molecule has 7 nitrogen and oxygen atoms in total. The molecular weight excluding hydrogens is 410 g/mol. The van der Waals surface area contributed by atoms with Gasteiger partial charge in [-0.15, -0.1) is 11.3 Å². The third-order valence-corrected chi connectivity index (χ3v) is 6.69. The quantitative estimate of drug-likeness (QED) is 0.613. The van der Waals surface area contributed by atoms with Crippen LogP contribution in [0.15, 0.2) is 34.5 Å². The molecule has 1 aromatic carbocycles. The van der Waals surface area contributed by atoms with E-state index in [-0.39, 0.29) is 23.3 Å². The van der Waals surface area contributed by atoms with Crippen LogP contribution in [0, 0.1) is 11.8 Å². The maximum absolute atomic E-state index is 13.2. The highest BCUT2D eigenvalue weighted by molar-refractivity contribution is 7.89. The minimum Gasteiger partial charge on any atom is -0.497 e. The number of rotatable bonds is 10. The van der Waals surface area contributed by atoms with Crippen molar-refractivity contribution in [3.05, 3.63) is 40.3 Å². The zero-order chi connectivity index (χ0) is 21.6. The Labute approximate surface area is 177 Å². The van der Waals surface area contributed by atoms with E-state index in [0.717, 1.165) is 0 Å². The molecule has 1 heterocycles. The fraction of sp³-hybridized carbons (Fsp3) is 0.500. The summed E-state index contributed by atoms with van der Waals surface area (Å²) >= 11 is 1.29. The van der Waals surface area contributed by atoms with E-state index in [1.807, 2.05) is 27.7 Å². The molecule has 0 fully saturated rings. The Hall–Kier alpha value is -1.97. The molecule has 0 aliphatic rings. The molecule has 2 aromatic rings. The summed E-state index contributed by atoms with van der Waals surface area (Å²) in [5.74, 6) is 0.830. The van der Waals surface area contributed by atoms with E-state index in [1.165, 1.54) is 34.9 Å². The van der Waals surface area contributed by atoms with Crippen molar-refractivity contribution in [2.75, 3.05) is 20.2 Å². The predicted octanol–water partition coefficient (Wildman–Crippen LogP) is 3.38. The van der Waals surface area contributed by atoms with Gasteiger partial charge in [0.05, 0.1) is 18.6 Å². The van der Waals surface area contributed by atoms with Crippen molar-refractivity contribution in [3.63, 3.8) is 0 Å². The zero-order valence-electron chi connectivity index (χ0n) is 17.5. The van der Waals surface area contributed by atoms with Crippen LogP contribution in [0.4, 0.5) is 0 Å². The van der Waals surface area contributed by atoms with Gasteiger partial charge in [0.25, 0.3) is 5.91 Å². The number of nitrogens with one attached hydrogen (secondary N) is 1. The number of thiazole rings is 1. The van der Waals surface area contributed by atoms with Gasteiger partial charge in [0.2, 0.25) is 10.0 Å². The zero-order valence-corrected chi connectivity index (χ0v) is 19.1. The second kappa shape index (κ2) is 10.2. The fourth-order valence-electron chi connectivity index (χ4n) is 2.58. The van der Waals surface area contributed by atoms with Gasteiger partial charge >= 0.3 is 0 Å². The molecule has 1 N–H and O–H groups in total. The highest BCUT2D eigenvalue weighted by Crippen LogP contribution is 2.23. The molecule has 0 radical (unpaired) electrons. The first-order chi connectivity index (χ1) is 13.6. The Morgan fingerprint density at radius 3 is 2.38 bits per heavy atom. The number of hydrogen-bond donors (Lipinski definition) is 1.